The van der Waals surface area contributed by atoms with Crippen LogP contribution in [0.15, 0.2) is 24.0 Å². The van der Waals surface area contributed by atoms with Crippen LogP contribution in [0.4, 0.5) is 5.13 Å². The Balaban J connectivity index is 1.22. The Hall–Kier alpha value is -3.41. The van der Waals surface area contributed by atoms with Crippen molar-refractivity contribution in [2.45, 2.75) is 110 Å². The van der Waals surface area contributed by atoms with E-state index in [0.29, 0.717) is 41.8 Å². The van der Waals surface area contributed by atoms with E-state index in [4.69, 9.17) is 0 Å². The van der Waals surface area contributed by atoms with Crippen LogP contribution in [0.2, 0.25) is 0 Å². The Bertz CT molecular complexity index is 1460. The first-order chi connectivity index (χ1) is 21.3. The largest absolute Gasteiger partial charge is 0.349 e. The molecular weight excluding hydrogens is 590 g/mol. The van der Waals surface area contributed by atoms with E-state index >= 15 is 0 Å². The average Bonchev–Trinajstić information content (AvgIpc) is 3.72. The fraction of sp³-hybridized carbons (Fsp3) is 0.667. The smallest absolute Gasteiger partial charge is 0.289 e. The van der Waals surface area contributed by atoms with Gasteiger partial charge in [-0.15, -0.1) is 11.3 Å². The summed E-state index contributed by atoms with van der Waals surface area (Å²) in [5.74, 6) is -1.43. The molecule has 1 aliphatic heterocycles. The van der Waals surface area contributed by atoms with Crippen LogP contribution in [0.25, 0.3) is 11.4 Å². The molecule has 1 saturated heterocycles. The highest BCUT2D eigenvalue weighted by atomic mass is 32.1. The predicted octanol–water partition coefficient (Wildman–Crippen LogP) is 3.97. The number of rotatable bonds is 11. The summed E-state index contributed by atoms with van der Waals surface area (Å²) in [7, 11) is 0. The molecule has 1 spiro atoms. The second kappa shape index (κ2) is 11.7. The average molecular weight is 636 g/mol. The Kier molecular flexibility index (Phi) is 8.24. The van der Waals surface area contributed by atoms with Crippen LogP contribution in [-0.2, 0) is 19.2 Å². The monoisotopic (exact) mass is 635 g/mol. The molecule has 3 unspecified atom stereocenters. The van der Waals surface area contributed by atoms with E-state index in [9.17, 15) is 19.2 Å². The normalized spacial score (nSPS) is 25.3. The van der Waals surface area contributed by atoms with Crippen LogP contribution in [0, 0.1) is 22.2 Å². The molecule has 4 aliphatic rings. The van der Waals surface area contributed by atoms with Gasteiger partial charge in [0.25, 0.3) is 5.91 Å². The summed E-state index contributed by atoms with van der Waals surface area (Å²) < 4.78 is 0. The molecule has 2 aromatic rings. The molecule has 12 heteroatoms. The fourth-order valence-corrected chi connectivity index (χ4v) is 7.63. The maximum Gasteiger partial charge on any atom is 0.289 e. The van der Waals surface area contributed by atoms with Crippen LogP contribution in [0.1, 0.15) is 86.0 Å². The number of amides is 3. The standard InChI is InChI=1S/C33H45N7O4S/c1-31(2,3)26(39-30-38-23(16-45-30)22-15-34-11-12-35-22)29(44)40-18-33(17-32(33,4)5)14-24(40)27(42)37-21(13-19-7-6-8-19)25(41)28(43)36-20-9-10-20/h11-12,15-16,19-21,24,26H,6-10,13-14,17-18H2,1-5H3,(H,36,43)(H,37,42)(H,38,39)/t21?,24?,26-,33?/m0/s1. The van der Waals surface area contributed by atoms with E-state index in [0.717, 1.165) is 38.5 Å². The van der Waals surface area contributed by atoms with Gasteiger partial charge < -0.3 is 20.9 Å². The lowest BCUT2D eigenvalue weighted by Crippen LogP contribution is -2.57. The summed E-state index contributed by atoms with van der Waals surface area (Å²) in [6.07, 6.45) is 11.6. The van der Waals surface area contributed by atoms with E-state index in [2.05, 4.69) is 44.7 Å². The number of carbonyl (C=O) groups excluding carboxylic acids is 4. The van der Waals surface area contributed by atoms with Crippen molar-refractivity contribution < 1.29 is 19.2 Å². The van der Waals surface area contributed by atoms with Crippen molar-refractivity contribution in [1.82, 2.24) is 30.5 Å². The third-order valence-electron chi connectivity index (χ3n) is 10.4. The molecule has 3 N–H and O–H groups in total. The van der Waals surface area contributed by atoms with E-state index in [1.165, 1.54) is 11.3 Å². The van der Waals surface area contributed by atoms with Gasteiger partial charge in [-0.05, 0) is 54.3 Å². The molecule has 3 heterocycles. The van der Waals surface area contributed by atoms with Crippen LogP contribution in [0.5, 0.6) is 0 Å². The maximum absolute atomic E-state index is 14.5. The Labute approximate surface area is 268 Å². The van der Waals surface area contributed by atoms with Gasteiger partial charge in [-0.25, -0.2) is 4.98 Å². The quantitative estimate of drug-likeness (QED) is 0.315. The van der Waals surface area contributed by atoms with Crippen LogP contribution >= 0.6 is 11.3 Å². The number of likely N-dealkylation sites (tertiary alicyclic amines) is 1. The zero-order valence-electron chi connectivity index (χ0n) is 26.9. The number of hydrogen-bond donors (Lipinski definition) is 3. The van der Waals surface area contributed by atoms with Crippen molar-refractivity contribution in [3.05, 3.63) is 24.0 Å². The van der Waals surface area contributed by atoms with Crippen molar-refractivity contribution in [1.29, 1.82) is 0 Å². The number of anilines is 1. The second-order valence-corrected chi connectivity index (χ2v) is 16.2. The zero-order chi connectivity index (χ0) is 32.1. The van der Waals surface area contributed by atoms with Crippen molar-refractivity contribution in [3.8, 4) is 11.4 Å². The topological polar surface area (TPSA) is 146 Å². The van der Waals surface area contributed by atoms with E-state index < -0.39 is 35.2 Å². The predicted molar refractivity (Wildman–Crippen MR) is 171 cm³/mol. The molecule has 4 atom stereocenters. The van der Waals surface area contributed by atoms with Crippen LogP contribution in [0.3, 0.4) is 0 Å². The van der Waals surface area contributed by atoms with Gasteiger partial charge in [-0.1, -0.05) is 53.9 Å². The van der Waals surface area contributed by atoms with Gasteiger partial charge in [0.1, 0.15) is 23.5 Å². The Morgan fingerprint density at radius 1 is 1.09 bits per heavy atom. The third kappa shape index (κ3) is 6.62. The highest BCUT2D eigenvalue weighted by Gasteiger charge is 2.67. The molecule has 242 valence electrons. The molecule has 3 aliphatic carbocycles. The van der Waals surface area contributed by atoms with Crippen LogP contribution < -0.4 is 16.0 Å². The molecule has 3 saturated carbocycles. The van der Waals surface area contributed by atoms with Crippen molar-refractivity contribution >= 4 is 40.0 Å². The number of aromatic nitrogens is 3. The van der Waals surface area contributed by atoms with Gasteiger partial charge in [0.2, 0.25) is 17.6 Å². The van der Waals surface area contributed by atoms with Gasteiger partial charge in [0.05, 0.1) is 12.2 Å². The van der Waals surface area contributed by atoms with Crippen molar-refractivity contribution in [2.75, 3.05) is 11.9 Å². The molecule has 0 bridgehead atoms. The first-order valence-corrected chi connectivity index (χ1v) is 17.1. The van der Waals surface area contributed by atoms with Gasteiger partial charge in [0.15, 0.2) is 5.13 Å². The minimum absolute atomic E-state index is 0.00253. The van der Waals surface area contributed by atoms with Gasteiger partial charge >= 0.3 is 0 Å². The maximum atomic E-state index is 14.5. The summed E-state index contributed by atoms with van der Waals surface area (Å²) in [5, 5.41) is 11.6. The molecule has 6 rings (SSSR count). The highest BCUT2D eigenvalue weighted by Crippen LogP contribution is 2.69. The minimum Gasteiger partial charge on any atom is -0.349 e. The number of ketones is 1. The minimum atomic E-state index is -0.895. The lowest BCUT2D eigenvalue weighted by atomic mass is 9.80. The van der Waals surface area contributed by atoms with Gasteiger partial charge in [0, 0.05) is 30.4 Å². The fourth-order valence-electron chi connectivity index (χ4n) is 6.90. The molecule has 0 aromatic carbocycles. The van der Waals surface area contributed by atoms with Crippen molar-refractivity contribution in [3.63, 3.8) is 0 Å². The molecular formula is C33H45N7O4S. The highest BCUT2D eigenvalue weighted by molar-refractivity contribution is 7.14. The van der Waals surface area contributed by atoms with Crippen LogP contribution in [-0.4, -0.2) is 74.1 Å². The Morgan fingerprint density at radius 2 is 1.82 bits per heavy atom. The van der Waals surface area contributed by atoms with E-state index in [-0.39, 0.29) is 28.7 Å². The van der Waals surface area contributed by atoms with Gasteiger partial charge in [-0.3, -0.25) is 29.1 Å². The lowest BCUT2D eigenvalue weighted by molar-refractivity contribution is -0.143. The molecule has 4 fully saturated rings. The number of hydrogen-bond acceptors (Lipinski definition) is 9. The number of Topliss-reactive ketones (excluding diaryl/α,β-unsaturated/α-hetero) is 1. The Morgan fingerprint density at radius 3 is 2.40 bits per heavy atom. The summed E-state index contributed by atoms with van der Waals surface area (Å²) in [6.45, 7) is 10.8. The zero-order valence-corrected chi connectivity index (χ0v) is 27.7. The lowest BCUT2D eigenvalue weighted by Gasteiger charge is -2.36. The van der Waals surface area contributed by atoms with Crippen molar-refractivity contribution in [2.24, 2.45) is 22.2 Å². The summed E-state index contributed by atoms with van der Waals surface area (Å²) in [6, 6.07) is -2.24. The van der Waals surface area contributed by atoms with Gasteiger partial charge in [-0.2, -0.15) is 0 Å². The molecule has 0 radical (unpaired) electrons. The van der Waals surface area contributed by atoms with E-state index in [1.54, 1.807) is 23.5 Å². The number of thiazole rings is 1. The number of nitrogens with one attached hydrogen (secondary N) is 3. The number of nitrogens with zero attached hydrogens (tertiary/aromatic N) is 4. The number of carbonyl (C=O) groups is 4. The first-order valence-electron chi connectivity index (χ1n) is 16.2. The SMILES string of the molecule is CC(C)(C)[C@@H](Nc1nc(-c2cnccn2)cs1)C(=O)N1CC2(CC1C(=O)NC(CC1CCC1)C(=O)C(=O)NC1CC1)CC2(C)C. The molecule has 2 aromatic heterocycles. The molecule has 3 amide bonds. The summed E-state index contributed by atoms with van der Waals surface area (Å²) in [4.78, 5) is 69.5. The second-order valence-electron chi connectivity index (χ2n) is 15.3. The third-order valence-corrected chi connectivity index (χ3v) is 11.2. The summed E-state index contributed by atoms with van der Waals surface area (Å²) >= 11 is 1.39. The molecule has 45 heavy (non-hydrogen) atoms. The molecule has 11 nitrogen and oxygen atoms in total. The summed E-state index contributed by atoms with van der Waals surface area (Å²) in [5.41, 5.74) is 0.642. The van der Waals surface area contributed by atoms with E-state index in [1.807, 2.05) is 26.2 Å². The first kappa shape index (κ1) is 31.6.